The van der Waals surface area contributed by atoms with Crippen molar-refractivity contribution in [1.29, 1.82) is 0 Å². The van der Waals surface area contributed by atoms with Crippen molar-refractivity contribution in [2.45, 2.75) is 33.6 Å². The van der Waals surface area contributed by atoms with Gasteiger partial charge < -0.3 is 5.32 Å². The molecule has 29 heavy (non-hydrogen) atoms. The third-order valence-electron chi connectivity index (χ3n) is 4.24. The van der Waals surface area contributed by atoms with E-state index < -0.39 is 0 Å². The van der Waals surface area contributed by atoms with Crippen molar-refractivity contribution in [3.8, 4) is 0 Å². The van der Waals surface area contributed by atoms with E-state index >= 15 is 0 Å². The van der Waals surface area contributed by atoms with Crippen molar-refractivity contribution in [3.63, 3.8) is 0 Å². The van der Waals surface area contributed by atoms with Gasteiger partial charge in [-0.3, -0.25) is 9.36 Å². The van der Waals surface area contributed by atoms with E-state index in [4.69, 9.17) is 0 Å². The third-order valence-corrected chi connectivity index (χ3v) is 5.09. The van der Waals surface area contributed by atoms with Gasteiger partial charge in [-0.1, -0.05) is 45.2 Å². The highest BCUT2D eigenvalue weighted by molar-refractivity contribution is 8.03. The summed E-state index contributed by atoms with van der Waals surface area (Å²) in [6.07, 6.45) is 16.7. The number of hydrogen-bond acceptors (Lipinski definition) is 4. The number of pyridine rings is 1. The zero-order chi connectivity index (χ0) is 21.2. The number of rotatable bonds is 9. The zero-order valence-electron chi connectivity index (χ0n) is 17.4. The highest BCUT2D eigenvalue weighted by Crippen LogP contribution is 2.26. The van der Waals surface area contributed by atoms with Gasteiger partial charge in [0, 0.05) is 35.8 Å². The maximum absolute atomic E-state index is 12.9. The second-order valence-corrected chi connectivity index (χ2v) is 7.54. The number of nitrogens with one attached hydrogen (secondary N) is 1. The monoisotopic (exact) mass is 407 g/mol. The summed E-state index contributed by atoms with van der Waals surface area (Å²) in [4.78, 5) is 17.5. The van der Waals surface area contributed by atoms with E-state index in [1.54, 1.807) is 36.2 Å². The Labute approximate surface area is 177 Å². The summed E-state index contributed by atoms with van der Waals surface area (Å²) in [6, 6.07) is 1.62. The molecule has 0 unspecified atom stereocenters. The minimum atomic E-state index is -0.0583. The van der Waals surface area contributed by atoms with Gasteiger partial charge in [0.2, 0.25) is 0 Å². The Bertz CT molecular complexity index is 975. The van der Waals surface area contributed by atoms with Crippen LogP contribution in [0.25, 0.3) is 5.70 Å². The van der Waals surface area contributed by atoms with Gasteiger partial charge in [0.15, 0.2) is 5.43 Å². The van der Waals surface area contributed by atoms with E-state index in [0.717, 1.165) is 34.3 Å². The first-order valence-corrected chi connectivity index (χ1v) is 10.8. The molecule has 0 fully saturated rings. The molecule has 0 atom stereocenters. The predicted molar refractivity (Wildman–Crippen MR) is 130 cm³/mol. The summed E-state index contributed by atoms with van der Waals surface area (Å²) in [5, 5.41) is 4.27. The van der Waals surface area contributed by atoms with Crippen LogP contribution in [0, 0.1) is 0 Å². The average Bonchev–Trinajstić information content (AvgIpc) is 2.91. The lowest BCUT2D eigenvalue weighted by Crippen LogP contribution is -2.21. The maximum atomic E-state index is 12.9. The molecule has 0 spiro atoms. The Hall–Kier alpha value is -2.79. The minimum absolute atomic E-state index is 0.0583. The molecule has 0 aromatic carbocycles. The van der Waals surface area contributed by atoms with E-state index in [2.05, 4.69) is 60.1 Å². The van der Waals surface area contributed by atoms with Crippen LogP contribution in [0.5, 0.6) is 0 Å². The summed E-state index contributed by atoms with van der Waals surface area (Å²) in [6.45, 7) is 13.8. The van der Waals surface area contributed by atoms with Crippen LogP contribution in [0.15, 0.2) is 82.3 Å². The lowest BCUT2D eigenvalue weighted by Gasteiger charge is -2.22. The Balaban J connectivity index is 2.78. The van der Waals surface area contributed by atoms with Crippen LogP contribution >= 0.6 is 11.8 Å². The van der Waals surface area contributed by atoms with Crippen molar-refractivity contribution in [1.82, 2.24) is 4.57 Å². The standard InChI is InChI=1S/C24H29N3OS/c1-6-11-18(9-4)26-23-16-22(28)20-17-25-24(29-10-5)15-14-21(20)27(23)19(12-7-2)13-8-3/h6-7,9,11-13,15-17,26H,1,4,8,10,14H2,2-3,5H3/b12-7-,18-11+,19-13+. The fourth-order valence-corrected chi connectivity index (χ4v) is 3.68. The minimum Gasteiger partial charge on any atom is -0.341 e. The fourth-order valence-electron chi connectivity index (χ4n) is 3.06. The molecule has 2 heterocycles. The number of anilines is 1. The summed E-state index contributed by atoms with van der Waals surface area (Å²) >= 11 is 1.68. The Morgan fingerprint density at radius 1 is 1.38 bits per heavy atom. The topological polar surface area (TPSA) is 46.4 Å². The van der Waals surface area contributed by atoms with Crippen LogP contribution in [0.3, 0.4) is 0 Å². The molecule has 0 aliphatic carbocycles. The van der Waals surface area contributed by atoms with Gasteiger partial charge in [-0.2, -0.15) is 0 Å². The van der Waals surface area contributed by atoms with E-state index in [-0.39, 0.29) is 5.43 Å². The Morgan fingerprint density at radius 3 is 2.79 bits per heavy atom. The molecule has 0 amide bonds. The van der Waals surface area contributed by atoms with Crippen molar-refractivity contribution >= 4 is 29.5 Å². The summed E-state index contributed by atoms with van der Waals surface area (Å²) < 4.78 is 2.10. The first-order valence-electron chi connectivity index (χ1n) is 9.80. The summed E-state index contributed by atoms with van der Waals surface area (Å²) in [5.74, 6) is 1.62. The van der Waals surface area contributed by atoms with Gasteiger partial charge in [-0.15, -0.1) is 11.8 Å². The van der Waals surface area contributed by atoms with Gasteiger partial charge >= 0.3 is 0 Å². The molecule has 1 aromatic heterocycles. The number of aromatic nitrogens is 1. The molecule has 5 heteroatoms. The molecule has 4 nitrogen and oxygen atoms in total. The van der Waals surface area contributed by atoms with E-state index in [1.807, 2.05) is 19.1 Å². The molecular weight excluding hydrogens is 378 g/mol. The quantitative estimate of drug-likeness (QED) is 0.517. The molecule has 0 radical (unpaired) electrons. The van der Waals surface area contributed by atoms with Crippen molar-refractivity contribution < 1.29 is 0 Å². The van der Waals surface area contributed by atoms with Crippen molar-refractivity contribution in [3.05, 3.63) is 94.0 Å². The predicted octanol–water partition coefficient (Wildman–Crippen LogP) is 5.91. The molecule has 0 saturated carbocycles. The SMILES string of the molecule is C=C/C=C(\C=C)Nc1cc(=O)c2c(n1C(/C=C\C)=C/CC)CC=C(SCC)N=C2. The van der Waals surface area contributed by atoms with Crippen LogP contribution in [-0.2, 0) is 6.42 Å². The van der Waals surface area contributed by atoms with Gasteiger partial charge in [-0.25, -0.2) is 4.99 Å². The van der Waals surface area contributed by atoms with Crippen LogP contribution in [0.4, 0.5) is 5.82 Å². The van der Waals surface area contributed by atoms with Crippen LogP contribution in [0.1, 0.15) is 38.4 Å². The summed E-state index contributed by atoms with van der Waals surface area (Å²) in [5.41, 5.74) is 3.25. The molecule has 2 rings (SSSR count). The molecule has 1 aliphatic rings. The van der Waals surface area contributed by atoms with Gasteiger partial charge in [0.05, 0.1) is 10.6 Å². The number of fused-ring (bicyclic) bond motifs is 1. The number of thioether (sulfide) groups is 1. The lowest BCUT2D eigenvalue weighted by molar-refractivity contribution is 0.957. The Morgan fingerprint density at radius 2 is 2.17 bits per heavy atom. The maximum Gasteiger partial charge on any atom is 0.192 e. The largest absolute Gasteiger partial charge is 0.341 e. The molecular formula is C24H29N3OS. The van der Waals surface area contributed by atoms with E-state index in [1.165, 1.54) is 0 Å². The summed E-state index contributed by atoms with van der Waals surface area (Å²) in [7, 11) is 0. The highest BCUT2D eigenvalue weighted by atomic mass is 32.2. The third kappa shape index (κ3) is 5.61. The normalized spacial score (nSPS) is 14.4. The molecule has 0 bridgehead atoms. The second kappa shape index (κ2) is 11.3. The first-order chi connectivity index (χ1) is 14.1. The van der Waals surface area contributed by atoms with Crippen molar-refractivity contribution in [2.24, 2.45) is 4.99 Å². The number of aliphatic imine (C=N–C) groups is 1. The molecule has 1 N–H and O–H groups in total. The highest BCUT2D eigenvalue weighted by Gasteiger charge is 2.18. The van der Waals surface area contributed by atoms with E-state index in [9.17, 15) is 4.79 Å². The fraction of sp³-hybridized carbons (Fsp3) is 0.250. The molecule has 1 aliphatic heterocycles. The zero-order valence-corrected chi connectivity index (χ0v) is 18.3. The molecule has 152 valence electrons. The smallest absolute Gasteiger partial charge is 0.192 e. The van der Waals surface area contributed by atoms with E-state index in [0.29, 0.717) is 17.8 Å². The second-order valence-electron chi connectivity index (χ2n) is 6.25. The van der Waals surface area contributed by atoms with Gasteiger partial charge in [0.25, 0.3) is 0 Å². The number of hydrogen-bond donors (Lipinski definition) is 1. The molecule has 1 aromatic rings. The number of nitrogens with zero attached hydrogens (tertiary/aromatic N) is 2. The number of allylic oxidation sites excluding steroid dienone is 8. The van der Waals surface area contributed by atoms with Crippen LogP contribution in [-0.4, -0.2) is 16.5 Å². The van der Waals surface area contributed by atoms with Crippen molar-refractivity contribution in [2.75, 3.05) is 11.1 Å². The average molecular weight is 408 g/mol. The first kappa shape index (κ1) is 22.5. The van der Waals surface area contributed by atoms with Crippen LogP contribution in [0.2, 0.25) is 0 Å². The van der Waals surface area contributed by atoms with Gasteiger partial charge in [-0.05, 0) is 43.4 Å². The molecule has 0 saturated heterocycles. The van der Waals surface area contributed by atoms with Crippen LogP contribution < -0.4 is 10.7 Å². The Kier molecular flexibility index (Phi) is 8.74. The van der Waals surface area contributed by atoms with Gasteiger partial charge in [0.1, 0.15) is 5.82 Å². The lowest BCUT2D eigenvalue weighted by atomic mass is 10.1.